The second-order valence-electron chi connectivity index (χ2n) is 5.86. The summed E-state index contributed by atoms with van der Waals surface area (Å²) in [6, 6.07) is -5.08. The number of rotatable bonds is 13. The Morgan fingerprint density at radius 3 is 2.00 bits per heavy atom. The van der Waals surface area contributed by atoms with Crippen molar-refractivity contribution in [2.75, 3.05) is 18.6 Å². The van der Waals surface area contributed by atoms with Crippen molar-refractivity contribution in [1.29, 1.82) is 0 Å². The van der Waals surface area contributed by atoms with Crippen molar-refractivity contribution < 1.29 is 39.3 Å². The minimum absolute atomic E-state index is 0.224. The number of aliphatic hydroxyl groups excluding tert-OH is 1. The van der Waals surface area contributed by atoms with Gasteiger partial charge in [-0.15, -0.1) is 0 Å². The third kappa shape index (κ3) is 9.53. The van der Waals surface area contributed by atoms with Gasteiger partial charge in [0.15, 0.2) is 0 Å². The van der Waals surface area contributed by atoms with Crippen LogP contribution in [-0.4, -0.2) is 87.8 Å². The van der Waals surface area contributed by atoms with E-state index in [1.165, 1.54) is 18.7 Å². The van der Waals surface area contributed by atoms with Crippen molar-refractivity contribution in [3.05, 3.63) is 0 Å². The number of carboxylic acids is 2. The van der Waals surface area contributed by atoms with Gasteiger partial charge < -0.3 is 37.0 Å². The van der Waals surface area contributed by atoms with Gasteiger partial charge in [-0.05, 0) is 25.4 Å². The Hall–Kier alpha value is -2.38. The number of thioether (sulfide) groups is 1. The van der Waals surface area contributed by atoms with Crippen molar-refractivity contribution in [2.24, 2.45) is 5.73 Å². The standard InChI is InChI=1S/C15H26N4O8S/c1-7(12(23)19-10(15(26)27)5-11(21)22)17-14(25)9(3-4-28-2)18-13(24)8(16)6-20/h7-10,20H,3-6,16H2,1-2H3,(H,17,25)(H,18,24)(H,19,23)(H,21,22)(H,26,27). The summed E-state index contributed by atoms with van der Waals surface area (Å²) in [6.45, 7) is 0.668. The zero-order chi connectivity index (χ0) is 21.9. The number of carboxylic acid groups (broad SMARTS) is 2. The van der Waals surface area contributed by atoms with Crippen LogP contribution in [0.15, 0.2) is 0 Å². The van der Waals surface area contributed by atoms with Crippen LogP contribution in [0.3, 0.4) is 0 Å². The van der Waals surface area contributed by atoms with Crippen LogP contribution in [0.2, 0.25) is 0 Å². The summed E-state index contributed by atoms with van der Waals surface area (Å²) in [5.41, 5.74) is 5.40. The van der Waals surface area contributed by atoms with E-state index in [-0.39, 0.29) is 6.42 Å². The maximum atomic E-state index is 12.4. The molecule has 0 aromatic rings. The summed E-state index contributed by atoms with van der Waals surface area (Å²) in [6.07, 6.45) is 1.19. The SMILES string of the molecule is CSCCC(NC(=O)C(N)CO)C(=O)NC(C)C(=O)NC(CC(=O)O)C(=O)O. The monoisotopic (exact) mass is 422 g/mol. The highest BCUT2D eigenvalue weighted by Crippen LogP contribution is 2.03. The van der Waals surface area contributed by atoms with Gasteiger partial charge in [0.25, 0.3) is 0 Å². The summed E-state index contributed by atoms with van der Waals surface area (Å²) in [4.78, 5) is 57.9. The Labute approximate surface area is 165 Å². The molecule has 0 aliphatic rings. The number of nitrogens with one attached hydrogen (secondary N) is 3. The fourth-order valence-corrected chi connectivity index (χ4v) is 2.39. The molecule has 12 nitrogen and oxygen atoms in total. The fraction of sp³-hybridized carbons (Fsp3) is 0.667. The van der Waals surface area contributed by atoms with Crippen LogP contribution in [0, 0.1) is 0 Å². The molecule has 0 aliphatic heterocycles. The highest BCUT2D eigenvalue weighted by Gasteiger charge is 2.28. The summed E-state index contributed by atoms with van der Waals surface area (Å²) >= 11 is 1.42. The lowest BCUT2D eigenvalue weighted by Gasteiger charge is -2.23. The van der Waals surface area contributed by atoms with Gasteiger partial charge in [-0.2, -0.15) is 11.8 Å². The van der Waals surface area contributed by atoms with Crippen LogP contribution < -0.4 is 21.7 Å². The van der Waals surface area contributed by atoms with Crippen molar-refractivity contribution in [2.45, 2.75) is 43.9 Å². The Morgan fingerprint density at radius 1 is 0.964 bits per heavy atom. The third-order valence-corrected chi connectivity index (χ3v) is 4.17. The van der Waals surface area contributed by atoms with Gasteiger partial charge in [-0.25, -0.2) is 4.79 Å². The molecule has 0 saturated carbocycles. The summed E-state index contributed by atoms with van der Waals surface area (Å²) in [5, 5.41) is 33.3. The van der Waals surface area contributed by atoms with E-state index in [9.17, 15) is 24.0 Å². The van der Waals surface area contributed by atoms with Gasteiger partial charge in [0.2, 0.25) is 17.7 Å². The van der Waals surface area contributed by atoms with E-state index in [0.29, 0.717) is 5.75 Å². The number of aliphatic hydroxyl groups is 1. The third-order valence-electron chi connectivity index (χ3n) is 3.52. The quantitative estimate of drug-likeness (QED) is 0.161. The number of aliphatic carboxylic acids is 2. The molecular weight excluding hydrogens is 396 g/mol. The van der Waals surface area contributed by atoms with Gasteiger partial charge in [0.1, 0.15) is 24.2 Å². The average Bonchev–Trinajstić information content (AvgIpc) is 2.62. The lowest BCUT2D eigenvalue weighted by molar-refractivity contribution is -0.147. The number of hydrogen-bond donors (Lipinski definition) is 7. The van der Waals surface area contributed by atoms with Gasteiger partial charge in [0.05, 0.1) is 13.0 Å². The molecule has 4 atom stereocenters. The maximum Gasteiger partial charge on any atom is 0.326 e. The molecule has 4 unspecified atom stereocenters. The number of amides is 3. The predicted octanol–water partition coefficient (Wildman–Crippen LogP) is -2.91. The van der Waals surface area contributed by atoms with E-state index in [2.05, 4.69) is 10.6 Å². The van der Waals surface area contributed by atoms with Crippen molar-refractivity contribution >= 4 is 41.4 Å². The number of carbonyl (C=O) groups excluding carboxylic acids is 3. The van der Waals surface area contributed by atoms with E-state index in [4.69, 9.17) is 21.1 Å². The molecule has 28 heavy (non-hydrogen) atoms. The Bertz CT molecular complexity index is 588. The number of carbonyl (C=O) groups is 5. The predicted molar refractivity (Wildman–Crippen MR) is 99.4 cm³/mol. The van der Waals surface area contributed by atoms with Crippen LogP contribution in [-0.2, 0) is 24.0 Å². The molecule has 0 spiro atoms. The molecule has 160 valence electrons. The summed E-state index contributed by atoms with van der Waals surface area (Å²) in [7, 11) is 0. The second kappa shape index (κ2) is 12.9. The minimum atomic E-state index is -1.65. The molecule has 0 bridgehead atoms. The van der Waals surface area contributed by atoms with Crippen LogP contribution in [0.25, 0.3) is 0 Å². The molecule has 13 heteroatoms. The lowest BCUT2D eigenvalue weighted by atomic mass is 10.1. The van der Waals surface area contributed by atoms with Gasteiger partial charge in [-0.1, -0.05) is 0 Å². The van der Waals surface area contributed by atoms with Crippen LogP contribution in [0.4, 0.5) is 0 Å². The van der Waals surface area contributed by atoms with Gasteiger partial charge in [-0.3, -0.25) is 19.2 Å². The van der Waals surface area contributed by atoms with Crippen LogP contribution >= 0.6 is 11.8 Å². The summed E-state index contributed by atoms with van der Waals surface area (Å²) in [5.74, 6) is -4.79. The Kier molecular flexibility index (Phi) is 11.8. The molecule has 0 aliphatic carbocycles. The van der Waals surface area contributed by atoms with E-state index in [0.717, 1.165) is 0 Å². The first-order valence-electron chi connectivity index (χ1n) is 8.24. The zero-order valence-electron chi connectivity index (χ0n) is 15.5. The van der Waals surface area contributed by atoms with Crippen molar-refractivity contribution in [3.63, 3.8) is 0 Å². The molecule has 0 rings (SSSR count). The van der Waals surface area contributed by atoms with Crippen molar-refractivity contribution in [1.82, 2.24) is 16.0 Å². The van der Waals surface area contributed by atoms with Crippen LogP contribution in [0.1, 0.15) is 19.8 Å². The van der Waals surface area contributed by atoms with E-state index < -0.39 is 66.9 Å². The normalized spacial score (nSPS) is 14.9. The molecule has 8 N–H and O–H groups in total. The topological polar surface area (TPSA) is 208 Å². The Balaban J connectivity index is 4.97. The first kappa shape index (κ1) is 25.6. The number of nitrogens with two attached hydrogens (primary N) is 1. The first-order valence-corrected chi connectivity index (χ1v) is 9.63. The van der Waals surface area contributed by atoms with Gasteiger partial charge in [0, 0.05) is 0 Å². The lowest BCUT2D eigenvalue weighted by Crippen LogP contribution is -2.56. The fourth-order valence-electron chi connectivity index (χ4n) is 1.92. The van der Waals surface area contributed by atoms with Gasteiger partial charge >= 0.3 is 11.9 Å². The second-order valence-corrected chi connectivity index (χ2v) is 6.84. The molecular formula is C15H26N4O8S. The van der Waals surface area contributed by atoms with E-state index in [1.807, 2.05) is 5.32 Å². The molecule has 0 heterocycles. The highest BCUT2D eigenvalue weighted by atomic mass is 32.2. The Morgan fingerprint density at radius 2 is 1.54 bits per heavy atom. The molecule has 0 aromatic carbocycles. The molecule has 0 radical (unpaired) electrons. The van der Waals surface area contributed by atoms with E-state index in [1.54, 1.807) is 6.26 Å². The molecule has 0 saturated heterocycles. The maximum absolute atomic E-state index is 12.4. The van der Waals surface area contributed by atoms with E-state index >= 15 is 0 Å². The zero-order valence-corrected chi connectivity index (χ0v) is 16.3. The minimum Gasteiger partial charge on any atom is -0.481 e. The summed E-state index contributed by atoms with van der Waals surface area (Å²) < 4.78 is 0. The largest absolute Gasteiger partial charge is 0.481 e. The number of hydrogen-bond acceptors (Lipinski definition) is 8. The van der Waals surface area contributed by atoms with Crippen molar-refractivity contribution in [3.8, 4) is 0 Å². The highest BCUT2D eigenvalue weighted by molar-refractivity contribution is 7.98. The first-order chi connectivity index (χ1) is 13.0. The molecule has 0 fully saturated rings. The molecule has 3 amide bonds. The average molecular weight is 422 g/mol. The molecule has 0 aromatic heterocycles. The smallest absolute Gasteiger partial charge is 0.326 e. The van der Waals surface area contributed by atoms with Crippen LogP contribution in [0.5, 0.6) is 0 Å².